The maximum absolute atomic E-state index is 16.1. The highest BCUT2D eigenvalue weighted by molar-refractivity contribution is 5.40. The zero-order valence-electron chi connectivity index (χ0n) is 30.4. The van der Waals surface area contributed by atoms with Crippen LogP contribution in [0.1, 0.15) is 123 Å². The first kappa shape index (κ1) is 36.8. The van der Waals surface area contributed by atoms with Crippen molar-refractivity contribution in [1.29, 1.82) is 0 Å². The van der Waals surface area contributed by atoms with Gasteiger partial charge in [0, 0.05) is 28.8 Å². The van der Waals surface area contributed by atoms with Gasteiger partial charge in [-0.15, -0.1) is 0 Å². The Labute approximate surface area is 279 Å². The maximum atomic E-state index is 16.1. The van der Waals surface area contributed by atoms with Crippen LogP contribution in [0, 0.1) is 5.82 Å². The van der Waals surface area contributed by atoms with Crippen LogP contribution in [0.15, 0.2) is 36.4 Å². The maximum Gasteiger partial charge on any atom is 0.168 e. The highest BCUT2D eigenvalue weighted by Crippen LogP contribution is 2.33. The van der Waals surface area contributed by atoms with Crippen molar-refractivity contribution < 1.29 is 18.6 Å². The van der Waals surface area contributed by atoms with Crippen LogP contribution in [0.3, 0.4) is 0 Å². The van der Waals surface area contributed by atoms with Crippen molar-refractivity contribution in [3.8, 4) is 5.75 Å². The van der Waals surface area contributed by atoms with Gasteiger partial charge < -0.3 is 24.8 Å². The Kier molecular flexibility index (Phi) is 12.4. The molecule has 6 heteroatoms. The molecule has 4 rings (SSSR count). The predicted octanol–water partition coefficient (Wildman–Crippen LogP) is 8.53. The van der Waals surface area contributed by atoms with E-state index in [0.29, 0.717) is 37.6 Å². The van der Waals surface area contributed by atoms with E-state index in [1.165, 1.54) is 11.1 Å². The number of hydrogen-bond donors (Lipinski definition) is 2. The monoisotopic (exact) mass is 638 g/mol. The number of benzene rings is 2. The van der Waals surface area contributed by atoms with Crippen LogP contribution >= 0.6 is 0 Å². The molecule has 0 aromatic heterocycles. The Morgan fingerprint density at radius 2 is 1.09 bits per heavy atom. The van der Waals surface area contributed by atoms with Gasteiger partial charge in [-0.2, -0.15) is 0 Å². The molecule has 5 nitrogen and oxygen atoms in total. The van der Waals surface area contributed by atoms with E-state index in [-0.39, 0.29) is 40.2 Å². The molecule has 2 heterocycles. The summed E-state index contributed by atoms with van der Waals surface area (Å²) in [5, 5.41) is 7.43. The third-order valence-corrected chi connectivity index (χ3v) is 9.44. The summed E-state index contributed by atoms with van der Waals surface area (Å²) in [6.07, 6.45) is 9.40. The molecule has 0 spiro atoms. The van der Waals surface area contributed by atoms with Crippen LogP contribution in [0.25, 0.3) is 0 Å². The summed E-state index contributed by atoms with van der Waals surface area (Å²) in [6, 6.07) is 12.9. The van der Waals surface area contributed by atoms with E-state index in [1.807, 2.05) is 6.07 Å². The lowest BCUT2D eigenvalue weighted by Gasteiger charge is -2.46. The molecule has 0 atom stereocenters. The molecule has 2 fully saturated rings. The fourth-order valence-electron chi connectivity index (χ4n) is 8.19. The standard InChI is InChI=1S/C40H63FN2O3/c1-10-12-29-14-16-30(17-15-29)18-19-32-21-20-31(13-11-22-44-33-25-37(2,3)42-38(4,5)26-33)35(41)36(32)46-24-23-45-34-27-39(6,7)43-40(8,9)28-34/h14-17,20-21,33-34,42-43H,10-13,18-19,22-28H2,1-9H3. The van der Waals surface area contributed by atoms with E-state index in [0.717, 1.165) is 63.4 Å². The van der Waals surface area contributed by atoms with Crippen molar-refractivity contribution in [3.05, 3.63) is 64.5 Å². The van der Waals surface area contributed by atoms with Crippen molar-refractivity contribution in [2.45, 2.75) is 161 Å². The zero-order chi connectivity index (χ0) is 33.6. The summed E-state index contributed by atoms with van der Waals surface area (Å²) in [7, 11) is 0. The summed E-state index contributed by atoms with van der Waals surface area (Å²) in [6.45, 7) is 21.5. The molecule has 2 aromatic rings. The minimum absolute atomic E-state index is 0.0135. The van der Waals surface area contributed by atoms with E-state index < -0.39 is 0 Å². The van der Waals surface area contributed by atoms with E-state index in [2.05, 4.69) is 103 Å². The van der Waals surface area contributed by atoms with Gasteiger partial charge in [0.25, 0.3) is 0 Å². The van der Waals surface area contributed by atoms with Crippen LogP contribution < -0.4 is 15.4 Å². The van der Waals surface area contributed by atoms with Gasteiger partial charge >= 0.3 is 0 Å². The number of nitrogens with one attached hydrogen (secondary N) is 2. The quantitative estimate of drug-likeness (QED) is 0.192. The fourth-order valence-corrected chi connectivity index (χ4v) is 8.19. The predicted molar refractivity (Wildman–Crippen MR) is 189 cm³/mol. The number of hydrogen-bond acceptors (Lipinski definition) is 5. The Morgan fingerprint density at radius 1 is 0.609 bits per heavy atom. The molecular formula is C40H63FN2O3. The van der Waals surface area contributed by atoms with Gasteiger partial charge in [-0.05, 0) is 135 Å². The molecule has 0 unspecified atom stereocenters. The lowest BCUT2D eigenvalue weighted by atomic mass is 9.81. The van der Waals surface area contributed by atoms with Gasteiger partial charge in [0.2, 0.25) is 0 Å². The van der Waals surface area contributed by atoms with Crippen molar-refractivity contribution in [2.75, 3.05) is 19.8 Å². The molecule has 0 amide bonds. The topological polar surface area (TPSA) is 51.8 Å². The van der Waals surface area contributed by atoms with Gasteiger partial charge in [0.1, 0.15) is 6.61 Å². The first-order valence-corrected chi connectivity index (χ1v) is 17.9. The Balaban J connectivity index is 1.38. The molecule has 46 heavy (non-hydrogen) atoms. The summed E-state index contributed by atoms with van der Waals surface area (Å²) in [5.41, 5.74) is 4.35. The van der Waals surface area contributed by atoms with Gasteiger partial charge in [-0.3, -0.25) is 0 Å². The first-order valence-electron chi connectivity index (χ1n) is 17.9. The SMILES string of the molecule is CCCc1ccc(CCc2ccc(CCCOC3CC(C)(C)NC(C)(C)C3)c(F)c2OCCOC2CC(C)(C)NC(C)(C)C2)cc1. The van der Waals surface area contributed by atoms with Gasteiger partial charge in [-0.25, -0.2) is 4.39 Å². The number of ether oxygens (including phenoxy) is 3. The normalized spacial score (nSPS) is 20.9. The minimum Gasteiger partial charge on any atom is -0.488 e. The molecule has 2 N–H and O–H groups in total. The molecule has 2 aliphatic heterocycles. The Morgan fingerprint density at radius 3 is 1.61 bits per heavy atom. The molecule has 0 saturated carbocycles. The Hall–Kier alpha value is -1.99. The van der Waals surface area contributed by atoms with Crippen molar-refractivity contribution in [1.82, 2.24) is 10.6 Å². The summed E-state index contributed by atoms with van der Waals surface area (Å²) in [5.74, 6) is 0.154. The summed E-state index contributed by atoms with van der Waals surface area (Å²) >= 11 is 0. The average molecular weight is 639 g/mol. The number of halogens is 1. The number of rotatable bonds is 15. The molecule has 0 radical (unpaired) electrons. The van der Waals surface area contributed by atoms with Gasteiger partial charge in [-0.1, -0.05) is 49.7 Å². The summed E-state index contributed by atoms with van der Waals surface area (Å²) < 4.78 is 35.0. The summed E-state index contributed by atoms with van der Waals surface area (Å²) in [4.78, 5) is 0. The van der Waals surface area contributed by atoms with Crippen molar-refractivity contribution >= 4 is 0 Å². The third kappa shape index (κ3) is 11.3. The van der Waals surface area contributed by atoms with Crippen LogP contribution in [-0.4, -0.2) is 54.2 Å². The lowest BCUT2D eigenvalue weighted by molar-refractivity contribution is -0.0308. The molecule has 0 aliphatic carbocycles. The van der Waals surface area contributed by atoms with Gasteiger partial charge in [0.15, 0.2) is 11.6 Å². The van der Waals surface area contributed by atoms with Gasteiger partial charge in [0.05, 0.1) is 18.8 Å². The van der Waals surface area contributed by atoms with Crippen LogP contribution in [0.4, 0.5) is 4.39 Å². The smallest absolute Gasteiger partial charge is 0.168 e. The highest BCUT2D eigenvalue weighted by Gasteiger charge is 2.39. The van der Waals surface area contributed by atoms with E-state index in [4.69, 9.17) is 14.2 Å². The fraction of sp³-hybridized carbons (Fsp3) is 0.700. The average Bonchev–Trinajstić information content (AvgIpc) is 2.91. The molecule has 258 valence electrons. The van der Waals surface area contributed by atoms with Crippen molar-refractivity contribution in [3.63, 3.8) is 0 Å². The molecule has 2 saturated heterocycles. The van der Waals surface area contributed by atoms with Crippen LogP contribution in [0.5, 0.6) is 5.75 Å². The molecular weight excluding hydrogens is 575 g/mol. The molecule has 2 aromatic carbocycles. The van der Waals surface area contributed by atoms with E-state index in [9.17, 15) is 0 Å². The second kappa shape index (κ2) is 15.5. The first-order chi connectivity index (χ1) is 21.6. The third-order valence-electron chi connectivity index (χ3n) is 9.44. The number of aryl methyl sites for hydroxylation is 4. The van der Waals surface area contributed by atoms with Crippen molar-refractivity contribution in [2.24, 2.45) is 0 Å². The van der Waals surface area contributed by atoms with Crippen LogP contribution in [0.2, 0.25) is 0 Å². The zero-order valence-corrected chi connectivity index (χ0v) is 30.4. The minimum atomic E-state index is -0.232. The van der Waals surface area contributed by atoms with E-state index >= 15 is 4.39 Å². The highest BCUT2D eigenvalue weighted by atomic mass is 19.1. The second-order valence-corrected chi connectivity index (χ2v) is 16.6. The van der Waals surface area contributed by atoms with E-state index in [1.54, 1.807) is 0 Å². The number of piperidine rings is 2. The Bertz CT molecular complexity index is 1220. The van der Waals surface area contributed by atoms with Crippen LogP contribution in [-0.2, 0) is 35.2 Å². The molecule has 0 bridgehead atoms. The lowest BCUT2D eigenvalue weighted by Crippen LogP contribution is -2.59. The second-order valence-electron chi connectivity index (χ2n) is 16.6. The molecule has 2 aliphatic rings. The largest absolute Gasteiger partial charge is 0.488 e.